The minimum absolute atomic E-state index is 0.0424. The first kappa shape index (κ1) is 23.9. The average Bonchev–Trinajstić information content (AvgIpc) is 2.65. The van der Waals surface area contributed by atoms with Crippen LogP contribution in [0.5, 0.6) is 5.75 Å². The average molecular weight is 421 g/mol. The Morgan fingerprint density at radius 2 is 2.00 bits per heavy atom. The molecule has 2 atom stereocenters. The summed E-state index contributed by atoms with van der Waals surface area (Å²) in [4.78, 5) is 15.3. The molecule has 2 rings (SSSR count). The van der Waals surface area contributed by atoms with Gasteiger partial charge in [0.1, 0.15) is 12.1 Å². The molecule has 7 nitrogen and oxygen atoms in total. The number of hydrogen-bond acceptors (Lipinski definition) is 6. The van der Waals surface area contributed by atoms with Crippen molar-refractivity contribution < 1.29 is 19.0 Å². The molecule has 0 aromatic heterocycles. The molecule has 8 heteroatoms. The highest BCUT2D eigenvalue weighted by atomic mass is 19.1. The van der Waals surface area contributed by atoms with E-state index in [0.29, 0.717) is 25.3 Å². The van der Waals surface area contributed by atoms with Crippen LogP contribution in [0.25, 0.3) is 0 Å². The molecular formula is C22H33FN4O3. The van der Waals surface area contributed by atoms with E-state index in [9.17, 15) is 14.4 Å². The molecule has 1 aliphatic heterocycles. The number of carboxylic acids is 1. The largest absolute Gasteiger partial charge is 0.489 e. The summed E-state index contributed by atoms with van der Waals surface area (Å²) in [6.45, 7) is 12.0. The van der Waals surface area contributed by atoms with E-state index in [-0.39, 0.29) is 24.4 Å². The number of halogens is 1. The molecule has 0 bridgehead atoms. The van der Waals surface area contributed by atoms with Gasteiger partial charge in [0.05, 0.1) is 12.6 Å². The van der Waals surface area contributed by atoms with Crippen LogP contribution in [0.2, 0.25) is 0 Å². The first-order valence-corrected chi connectivity index (χ1v) is 10.4. The zero-order chi connectivity index (χ0) is 22.5. The van der Waals surface area contributed by atoms with Gasteiger partial charge in [-0.1, -0.05) is 6.92 Å². The minimum Gasteiger partial charge on any atom is -0.489 e. The third kappa shape index (κ3) is 6.31. The Labute approximate surface area is 178 Å². The van der Waals surface area contributed by atoms with Gasteiger partial charge in [-0.15, -0.1) is 0 Å². The number of benzene rings is 1. The van der Waals surface area contributed by atoms with Gasteiger partial charge in [0.2, 0.25) is 0 Å². The van der Waals surface area contributed by atoms with Crippen LogP contribution in [-0.2, 0) is 11.2 Å². The van der Waals surface area contributed by atoms with Crippen molar-refractivity contribution in [3.63, 3.8) is 0 Å². The lowest BCUT2D eigenvalue weighted by Gasteiger charge is -2.43. The Morgan fingerprint density at radius 1 is 1.37 bits per heavy atom. The third-order valence-electron chi connectivity index (χ3n) is 5.39. The normalized spacial score (nSPS) is 20.6. The number of hydrogen-bond donors (Lipinski definition) is 2. The number of nitrogens with zero attached hydrogens (tertiary/aromatic N) is 3. The Kier molecular flexibility index (Phi) is 8.04. The van der Waals surface area contributed by atoms with Crippen LogP contribution >= 0.6 is 0 Å². The number of anilines is 1. The summed E-state index contributed by atoms with van der Waals surface area (Å²) in [5, 5.41) is 21.3. The van der Waals surface area contributed by atoms with Crippen molar-refractivity contribution >= 4 is 11.7 Å². The lowest BCUT2D eigenvalue weighted by Crippen LogP contribution is -2.58. The molecule has 0 aliphatic carbocycles. The number of piperazine rings is 1. The molecule has 0 unspecified atom stereocenters. The molecule has 2 N–H and O–H groups in total. The zero-order valence-electron chi connectivity index (χ0n) is 18.5. The number of aryl methyl sites for hydroxylation is 1. The number of rotatable bonds is 9. The van der Waals surface area contributed by atoms with Crippen molar-refractivity contribution in [3.05, 3.63) is 23.5 Å². The van der Waals surface area contributed by atoms with Crippen molar-refractivity contribution in [1.29, 1.82) is 5.26 Å². The van der Waals surface area contributed by atoms with Crippen molar-refractivity contribution in [3.8, 4) is 11.8 Å². The number of carboxylic acid groups (broad SMARTS) is 1. The molecule has 1 aliphatic rings. The summed E-state index contributed by atoms with van der Waals surface area (Å²) in [6, 6.07) is 5.59. The molecular weight excluding hydrogens is 387 g/mol. The highest BCUT2D eigenvalue weighted by Crippen LogP contribution is 2.29. The van der Waals surface area contributed by atoms with Crippen LogP contribution in [0.3, 0.4) is 0 Å². The summed E-state index contributed by atoms with van der Waals surface area (Å²) in [7, 11) is 0. The van der Waals surface area contributed by atoms with E-state index in [0.717, 1.165) is 18.7 Å². The molecule has 1 fully saturated rings. The Bertz CT molecular complexity index is 781. The van der Waals surface area contributed by atoms with Gasteiger partial charge in [0.15, 0.2) is 11.6 Å². The second-order valence-electron chi connectivity index (χ2n) is 8.53. The molecule has 0 radical (unpaired) electrons. The fraction of sp³-hybridized carbons (Fsp3) is 0.636. The van der Waals surface area contributed by atoms with Crippen molar-refractivity contribution in [2.75, 3.05) is 38.1 Å². The van der Waals surface area contributed by atoms with Crippen LogP contribution in [-0.4, -0.2) is 71.3 Å². The fourth-order valence-electron chi connectivity index (χ4n) is 3.93. The van der Waals surface area contributed by atoms with Gasteiger partial charge in [-0.3, -0.25) is 14.6 Å². The van der Waals surface area contributed by atoms with Crippen LogP contribution in [0.1, 0.15) is 40.2 Å². The third-order valence-corrected chi connectivity index (χ3v) is 5.39. The highest BCUT2D eigenvalue weighted by molar-refractivity contribution is 5.69. The van der Waals surface area contributed by atoms with E-state index >= 15 is 0 Å². The number of ether oxygens (including phenoxy) is 1. The van der Waals surface area contributed by atoms with Gasteiger partial charge in [-0.25, -0.2) is 4.39 Å². The molecule has 0 spiro atoms. The number of carbonyl (C=O) groups is 1. The molecule has 30 heavy (non-hydrogen) atoms. The second-order valence-corrected chi connectivity index (χ2v) is 8.53. The SMILES string of the molecule is CCc1cc(NC(C)(C)C#N)cc(F)c1OCCN1C[C@@H](C)N(CC(=O)O)[C@@H](C)C1. The molecule has 0 saturated carbocycles. The van der Waals surface area contributed by atoms with E-state index in [1.807, 2.05) is 31.7 Å². The lowest BCUT2D eigenvalue weighted by molar-refractivity contribution is -0.140. The van der Waals surface area contributed by atoms with Crippen molar-refractivity contribution in [1.82, 2.24) is 9.80 Å². The Morgan fingerprint density at radius 3 is 2.53 bits per heavy atom. The first-order valence-electron chi connectivity index (χ1n) is 10.4. The summed E-state index contributed by atoms with van der Waals surface area (Å²) in [5.74, 6) is -1.01. The summed E-state index contributed by atoms with van der Waals surface area (Å²) >= 11 is 0. The fourth-order valence-corrected chi connectivity index (χ4v) is 3.93. The standard InChI is InChI=1S/C22H33FN4O3/c1-6-17-9-18(25-22(4,5)14-24)10-19(23)21(17)30-8-7-26-11-15(2)27(13-20(28)29)16(3)12-26/h9-10,15-16,25H,6-8,11-13H2,1-5H3,(H,28,29)/t15-,16+. The van der Waals surface area contributed by atoms with Gasteiger partial charge in [-0.2, -0.15) is 5.26 Å². The predicted molar refractivity (Wildman–Crippen MR) is 114 cm³/mol. The van der Waals surface area contributed by atoms with Gasteiger partial charge in [0.25, 0.3) is 0 Å². The Balaban J connectivity index is 1.98. The zero-order valence-corrected chi connectivity index (χ0v) is 18.5. The van der Waals surface area contributed by atoms with E-state index in [1.165, 1.54) is 6.07 Å². The summed E-state index contributed by atoms with van der Waals surface area (Å²) < 4.78 is 20.5. The van der Waals surface area contributed by atoms with Gasteiger partial charge in [-0.05, 0) is 45.7 Å². The topological polar surface area (TPSA) is 88.8 Å². The van der Waals surface area contributed by atoms with E-state index in [1.54, 1.807) is 13.8 Å². The monoisotopic (exact) mass is 420 g/mol. The molecule has 1 aromatic rings. The van der Waals surface area contributed by atoms with Crippen molar-refractivity contribution in [2.24, 2.45) is 0 Å². The smallest absolute Gasteiger partial charge is 0.317 e. The van der Waals surface area contributed by atoms with Crippen LogP contribution in [0.4, 0.5) is 10.1 Å². The Hall–Kier alpha value is -2.37. The lowest BCUT2D eigenvalue weighted by atomic mass is 10.1. The quantitative estimate of drug-likeness (QED) is 0.635. The summed E-state index contributed by atoms with van der Waals surface area (Å²) in [6.07, 6.45) is 0.608. The maximum atomic E-state index is 14.7. The predicted octanol–water partition coefficient (Wildman–Crippen LogP) is 2.96. The maximum Gasteiger partial charge on any atom is 0.317 e. The number of aliphatic carboxylic acids is 1. The number of nitrogens with one attached hydrogen (secondary N) is 1. The van der Waals surface area contributed by atoms with Gasteiger partial charge in [0, 0.05) is 43.5 Å². The van der Waals surface area contributed by atoms with E-state index in [4.69, 9.17) is 9.84 Å². The van der Waals surface area contributed by atoms with E-state index in [2.05, 4.69) is 16.3 Å². The molecule has 0 amide bonds. The highest BCUT2D eigenvalue weighted by Gasteiger charge is 2.30. The van der Waals surface area contributed by atoms with Crippen molar-refractivity contribution in [2.45, 2.75) is 58.7 Å². The van der Waals surface area contributed by atoms with Gasteiger partial charge >= 0.3 is 5.97 Å². The maximum absolute atomic E-state index is 14.7. The molecule has 166 valence electrons. The van der Waals surface area contributed by atoms with E-state index < -0.39 is 17.3 Å². The molecule has 1 saturated heterocycles. The van der Waals surface area contributed by atoms with Gasteiger partial charge < -0.3 is 15.2 Å². The molecule has 1 heterocycles. The van der Waals surface area contributed by atoms with Crippen LogP contribution < -0.4 is 10.1 Å². The minimum atomic E-state index is -0.816. The second kappa shape index (κ2) is 10.1. The first-order chi connectivity index (χ1) is 14.1. The van der Waals surface area contributed by atoms with Crippen LogP contribution in [0, 0.1) is 17.1 Å². The molecule has 1 aromatic carbocycles. The van der Waals surface area contributed by atoms with Crippen LogP contribution in [0.15, 0.2) is 12.1 Å². The number of nitriles is 1. The summed E-state index contributed by atoms with van der Waals surface area (Å²) in [5.41, 5.74) is 0.510.